The van der Waals surface area contributed by atoms with E-state index >= 15 is 0 Å². The number of aliphatic hydroxyl groups is 1. The average molecular weight is 186 g/mol. The van der Waals surface area contributed by atoms with Crippen LogP contribution in [0.5, 0.6) is 0 Å². The minimum absolute atomic E-state index is 0.237. The Morgan fingerprint density at radius 2 is 2.25 bits per heavy atom. The standard InChI is InChI=1S/C9H12ClNO/c1-6-4-7(9(12)5-11)2-3-8(6)10/h2-4,9,12H,5,11H2,1H3. The predicted molar refractivity (Wildman–Crippen MR) is 50.2 cm³/mol. The molecular weight excluding hydrogens is 174 g/mol. The van der Waals surface area contributed by atoms with Crippen LogP contribution in [0.4, 0.5) is 0 Å². The molecule has 0 amide bonds. The van der Waals surface area contributed by atoms with Gasteiger partial charge in [-0.15, -0.1) is 0 Å². The van der Waals surface area contributed by atoms with Crippen LogP contribution in [0.2, 0.25) is 5.02 Å². The molecule has 1 unspecified atom stereocenters. The van der Waals surface area contributed by atoms with Gasteiger partial charge in [-0.25, -0.2) is 0 Å². The zero-order chi connectivity index (χ0) is 9.14. The van der Waals surface area contributed by atoms with Crippen molar-refractivity contribution in [2.24, 2.45) is 5.73 Å². The lowest BCUT2D eigenvalue weighted by atomic mass is 10.1. The monoisotopic (exact) mass is 185 g/mol. The zero-order valence-electron chi connectivity index (χ0n) is 6.92. The van der Waals surface area contributed by atoms with Gasteiger partial charge in [-0.3, -0.25) is 0 Å². The van der Waals surface area contributed by atoms with Crippen LogP contribution in [0.1, 0.15) is 17.2 Å². The Kier molecular flexibility index (Phi) is 3.09. The van der Waals surface area contributed by atoms with E-state index in [2.05, 4.69) is 0 Å². The fourth-order valence-corrected chi connectivity index (χ4v) is 1.13. The van der Waals surface area contributed by atoms with Crippen molar-refractivity contribution in [3.05, 3.63) is 34.3 Å². The molecule has 1 atom stereocenters. The number of halogens is 1. The average Bonchev–Trinajstić information content (AvgIpc) is 2.08. The molecule has 0 aromatic heterocycles. The Labute approximate surface area is 77.0 Å². The number of hydrogen-bond donors (Lipinski definition) is 2. The topological polar surface area (TPSA) is 46.2 Å². The second-order valence-electron chi connectivity index (χ2n) is 2.76. The zero-order valence-corrected chi connectivity index (χ0v) is 7.67. The molecule has 3 N–H and O–H groups in total. The Balaban J connectivity index is 2.96. The summed E-state index contributed by atoms with van der Waals surface area (Å²) >= 11 is 5.82. The summed E-state index contributed by atoms with van der Waals surface area (Å²) in [5, 5.41) is 10.1. The highest BCUT2D eigenvalue weighted by Crippen LogP contribution is 2.19. The molecule has 0 aliphatic rings. The van der Waals surface area contributed by atoms with E-state index in [1.54, 1.807) is 12.1 Å². The Hall–Kier alpha value is -0.570. The van der Waals surface area contributed by atoms with Gasteiger partial charge in [0.05, 0.1) is 6.10 Å². The van der Waals surface area contributed by atoms with Crippen LogP contribution in [0, 0.1) is 6.92 Å². The molecule has 66 valence electrons. The Morgan fingerprint density at radius 3 is 2.75 bits per heavy atom. The van der Waals surface area contributed by atoms with E-state index in [1.165, 1.54) is 0 Å². The predicted octanol–water partition coefficient (Wildman–Crippen LogP) is 1.64. The molecule has 12 heavy (non-hydrogen) atoms. The lowest BCUT2D eigenvalue weighted by Crippen LogP contribution is -2.11. The first kappa shape index (κ1) is 9.52. The molecular formula is C9H12ClNO. The highest BCUT2D eigenvalue weighted by atomic mass is 35.5. The summed E-state index contributed by atoms with van der Waals surface area (Å²) in [6, 6.07) is 5.40. The van der Waals surface area contributed by atoms with Crippen molar-refractivity contribution < 1.29 is 5.11 Å². The first-order valence-electron chi connectivity index (χ1n) is 3.79. The van der Waals surface area contributed by atoms with E-state index in [9.17, 15) is 5.11 Å². The summed E-state index contributed by atoms with van der Waals surface area (Å²) in [6.45, 7) is 2.14. The fraction of sp³-hybridized carbons (Fsp3) is 0.333. The summed E-state index contributed by atoms with van der Waals surface area (Å²) < 4.78 is 0. The molecule has 2 nitrogen and oxygen atoms in total. The van der Waals surface area contributed by atoms with Gasteiger partial charge in [0.1, 0.15) is 0 Å². The van der Waals surface area contributed by atoms with Crippen LogP contribution >= 0.6 is 11.6 Å². The van der Waals surface area contributed by atoms with E-state index in [1.807, 2.05) is 13.0 Å². The largest absolute Gasteiger partial charge is 0.387 e. The van der Waals surface area contributed by atoms with Crippen molar-refractivity contribution >= 4 is 11.6 Å². The summed E-state index contributed by atoms with van der Waals surface area (Å²) in [7, 11) is 0. The lowest BCUT2D eigenvalue weighted by molar-refractivity contribution is 0.186. The van der Waals surface area contributed by atoms with E-state index in [-0.39, 0.29) is 6.54 Å². The number of rotatable bonds is 2. The third kappa shape index (κ3) is 1.97. The van der Waals surface area contributed by atoms with Gasteiger partial charge in [0.2, 0.25) is 0 Å². The first-order valence-corrected chi connectivity index (χ1v) is 4.17. The second-order valence-corrected chi connectivity index (χ2v) is 3.17. The molecule has 1 aromatic rings. The van der Waals surface area contributed by atoms with Gasteiger partial charge >= 0.3 is 0 Å². The smallest absolute Gasteiger partial charge is 0.0912 e. The molecule has 0 radical (unpaired) electrons. The highest BCUT2D eigenvalue weighted by molar-refractivity contribution is 6.31. The number of aryl methyl sites for hydroxylation is 1. The fourth-order valence-electron chi connectivity index (χ4n) is 1.01. The summed E-state index contributed by atoms with van der Waals surface area (Å²) in [5.41, 5.74) is 7.09. The Morgan fingerprint density at radius 1 is 1.58 bits per heavy atom. The normalized spacial score (nSPS) is 13.0. The van der Waals surface area contributed by atoms with Crippen LogP contribution < -0.4 is 5.73 Å². The van der Waals surface area contributed by atoms with E-state index in [0.717, 1.165) is 11.1 Å². The molecule has 0 saturated heterocycles. The molecule has 0 spiro atoms. The minimum atomic E-state index is -0.582. The van der Waals surface area contributed by atoms with E-state index in [0.29, 0.717) is 5.02 Å². The molecule has 1 aromatic carbocycles. The third-order valence-corrected chi connectivity index (χ3v) is 2.21. The second kappa shape index (κ2) is 3.90. The SMILES string of the molecule is Cc1cc(C(O)CN)ccc1Cl. The number of benzene rings is 1. The van der Waals surface area contributed by atoms with Gasteiger partial charge < -0.3 is 10.8 Å². The number of aliphatic hydroxyl groups excluding tert-OH is 1. The number of hydrogen-bond acceptors (Lipinski definition) is 2. The molecule has 0 saturated carbocycles. The molecule has 3 heteroatoms. The quantitative estimate of drug-likeness (QED) is 0.736. The van der Waals surface area contributed by atoms with Crippen LogP contribution in [0.3, 0.4) is 0 Å². The van der Waals surface area contributed by atoms with Crippen LogP contribution in [0.15, 0.2) is 18.2 Å². The van der Waals surface area contributed by atoms with Crippen molar-refractivity contribution in [1.29, 1.82) is 0 Å². The summed E-state index contributed by atoms with van der Waals surface area (Å²) in [4.78, 5) is 0. The third-order valence-electron chi connectivity index (χ3n) is 1.79. The van der Waals surface area contributed by atoms with Gasteiger partial charge in [-0.05, 0) is 24.1 Å². The minimum Gasteiger partial charge on any atom is -0.387 e. The van der Waals surface area contributed by atoms with E-state index in [4.69, 9.17) is 17.3 Å². The maximum Gasteiger partial charge on any atom is 0.0912 e. The van der Waals surface area contributed by atoms with Crippen molar-refractivity contribution in [2.45, 2.75) is 13.0 Å². The van der Waals surface area contributed by atoms with Crippen LogP contribution in [0.25, 0.3) is 0 Å². The molecule has 0 heterocycles. The van der Waals surface area contributed by atoms with Gasteiger partial charge in [-0.2, -0.15) is 0 Å². The van der Waals surface area contributed by atoms with E-state index < -0.39 is 6.10 Å². The summed E-state index contributed by atoms with van der Waals surface area (Å²) in [5.74, 6) is 0. The summed E-state index contributed by atoms with van der Waals surface area (Å²) in [6.07, 6.45) is -0.582. The van der Waals surface area contributed by atoms with Crippen molar-refractivity contribution in [1.82, 2.24) is 0 Å². The van der Waals surface area contributed by atoms with Gasteiger partial charge in [0.25, 0.3) is 0 Å². The van der Waals surface area contributed by atoms with Gasteiger partial charge in [0, 0.05) is 11.6 Å². The first-order chi connectivity index (χ1) is 5.65. The van der Waals surface area contributed by atoms with Crippen molar-refractivity contribution in [2.75, 3.05) is 6.54 Å². The molecule has 0 aliphatic carbocycles. The van der Waals surface area contributed by atoms with Crippen LogP contribution in [-0.4, -0.2) is 11.7 Å². The maximum atomic E-state index is 9.38. The van der Waals surface area contributed by atoms with Crippen molar-refractivity contribution in [3.63, 3.8) is 0 Å². The molecule has 0 aliphatic heterocycles. The molecule has 0 fully saturated rings. The molecule has 0 bridgehead atoms. The molecule has 1 rings (SSSR count). The lowest BCUT2D eigenvalue weighted by Gasteiger charge is -2.08. The van der Waals surface area contributed by atoms with Crippen molar-refractivity contribution in [3.8, 4) is 0 Å². The number of nitrogens with two attached hydrogens (primary N) is 1. The highest BCUT2D eigenvalue weighted by Gasteiger charge is 2.05. The van der Waals surface area contributed by atoms with Gasteiger partial charge in [-0.1, -0.05) is 23.7 Å². The van der Waals surface area contributed by atoms with Crippen LogP contribution in [-0.2, 0) is 0 Å². The maximum absolute atomic E-state index is 9.38. The van der Waals surface area contributed by atoms with Gasteiger partial charge in [0.15, 0.2) is 0 Å². The Bertz CT molecular complexity index is 275.